The predicted octanol–water partition coefficient (Wildman–Crippen LogP) is 4.77. The van der Waals surface area contributed by atoms with E-state index in [2.05, 4.69) is 10.6 Å². The van der Waals surface area contributed by atoms with Crippen molar-refractivity contribution in [1.82, 2.24) is 5.32 Å². The van der Waals surface area contributed by atoms with Gasteiger partial charge in [-0.3, -0.25) is 4.79 Å². The molecule has 0 aliphatic rings. The maximum absolute atomic E-state index is 11.9. The van der Waals surface area contributed by atoms with Gasteiger partial charge in [-0.05, 0) is 73.5 Å². The number of amides is 1. The van der Waals surface area contributed by atoms with Crippen LogP contribution in [-0.2, 0) is 6.54 Å². The Bertz CT molecular complexity index is 1060. The Kier molecular flexibility index (Phi) is 6.37. The molecule has 0 unspecified atom stereocenters. The average molecular weight is 404 g/mol. The van der Waals surface area contributed by atoms with E-state index in [9.17, 15) is 14.7 Å². The van der Waals surface area contributed by atoms with E-state index in [1.54, 1.807) is 13.0 Å². The maximum atomic E-state index is 11.9. The lowest BCUT2D eigenvalue weighted by Crippen LogP contribution is -2.20. The minimum absolute atomic E-state index is 0.112. The molecule has 0 radical (unpaired) electrons. The maximum Gasteiger partial charge on any atom is 0.336 e. The molecule has 0 aromatic heterocycles. The van der Waals surface area contributed by atoms with Crippen molar-refractivity contribution in [3.8, 4) is 11.5 Å². The van der Waals surface area contributed by atoms with E-state index >= 15 is 0 Å². The molecule has 0 saturated heterocycles. The van der Waals surface area contributed by atoms with Crippen molar-refractivity contribution in [1.29, 1.82) is 0 Å². The number of carbonyl (C=O) groups excluding carboxylic acids is 1. The zero-order valence-electron chi connectivity index (χ0n) is 17.2. The zero-order valence-corrected chi connectivity index (χ0v) is 17.2. The number of carbonyl (C=O) groups is 2. The number of carboxylic acids is 1. The van der Waals surface area contributed by atoms with E-state index in [-0.39, 0.29) is 11.5 Å². The summed E-state index contributed by atoms with van der Waals surface area (Å²) in [5.74, 6) is 0.0905. The van der Waals surface area contributed by atoms with Gasteiger partial charge in [0.05, 0.1) is 5.56 Å². The van der Waals surface area contributed by atoms with E-state index < -0.39 is 5.97 Å². The molecule has 3 N–H and O–H groups in total. The largest absolute Gasteiger partial charge is 0.478 e. The monoisotopic (exact) mass is 404 g/mol. The van der Waals surface area contributed by atoms with E-state index in [1.807, 2.05) is 55.5 Å². The van der Waals surface area contributed by atoms with Crippen LogP contribution < -0.4 is 15.4 Å². The van der Waals surface area contributed by atoms with Gasteiger partial charge in [-0.2, -0.15) is 0 Å². The second kappa shape index (κ2) is 9.13. The number of aryl methyl sites for hydroxylation is 2. The molecule has 0 saturated carbocycles. The fourth-order valence-corrected chi connectivity index (χ4v) is 3.09. The van der Waals surface area contributed by atoms with Crippen LogP contribution >= 0.6 is 0 Å². The summed E-state index contributed by atoms with van der Waals surface area (Å²) < 4.78 is 5.82. The van der Waals surface area contributed by atoms with Gasteiger partial charge in [-0.1, -0.05) is 17.7 Å². The normalized spacial score (nSPS) is 10.4. The van der Waals surface area contributed by atoms with Gasteiger partial charge in [0.2, 0.25) is 0 Å². The van der Waals surface area contributed by atoms with Gasteiger partial charge in [-0.15, -0.1) is 0 Å². The van der Waals surface area contributed by atoms with Crippen molar-refractivity contribution in [3.63, 3.8) is 0 Å². The molecule has 3 aromatic rings. The molecule has 3 aromatic carbocycles. The van der Waals surface area contributed by atoms with Crippen molar-refractivity contribution < 1.29 is 19.4 Å². The Morgan fingerprint density at radius 3 is 2.10 bits per heavy atom. The molecular weight excluding hydrogens is 380 g/mol. The fourth-order valence-electron chi connectivity index (χ4n) is 3.09. The molecule has 0 fully saturated rings. The van der Waals surface area contributed by atoms with Crippen LogP contribution in [0.2, 0.25) is 0 Å². The molecule has 0 bridgehead atoms. The number of aromatic carboxylic acids is 1. The number of carboxylic acid groups (broad SMARTS) is 1. The molecule has 154 valence electrons. The first-order valence-corrected chi connectivity index (χ1v) is 9.54. The van der Waals surface area contributed by atoms with Crippen LogP contribution in [0.3, 0.4) is 0 Å². The Morgan fingerprint density at radius 2 is 1.53 bits per heavy atom. The summed E-state index contributed by atoms with van der Waals surface area (Å²) in [7, 11) is 1.51. The third kappa shape index (κ3) is 4.97. The van der Waals surface area contributed by atoms with Gasteiger partial charge in [0.1, 0.15) is 11.5 Å². The van der Waals surface area contributed by atoms with Crippen LogP contribution in [0.4, 0.5) is 5.69 Å². The SMILES string of the molecule is CNC(=O)c1cc(C)c(CNc2ccc(Oc3ccc(C)cc3)cc2)c(C(=O)O)c1. The van der Waals surface area contributed by atoms with Crippen molar-refractivity contribution in [2.75, 3.05) is 12.4 Å². The molecule has 6 nitrogen and oxygen atoms in total. The van der Waals surface area contributed by atoms with Crippen molar-refractivity contribution in [3.05, 3.63) is 88.5 Å². The van der Waals surface area contributed by atoms with Crippen molar-refractivity contribution in [2.24, 2.45) is 0 Å². The van der Waals surface area contributed by atoms with E-state index in [4.69, 9.17) is 4.74 Å². The number of hydrogen-bond donors (Lipinski definition) is 3. The molecule has 3 rings (SSSR count). The standard InChI is InChI=1S/C24H24N2O4/c1-15-4-8-19(9-5-15)30-20-10-6-18(7-11-20)26-14-22-16(2)12-17(23(27)25-3)13-21(22)24(28)29/h4-13,26H,14H2,1-3H3,(H,25,27)(H,28,29). The van der Waals surface area contributed by atoms with Crippen LogP contribution in [0, 0.1) is 13.8 Å². The molecule has 0 aliphatic heterocycles. The fraction of sp³-hybridized carbons (Fsp3) is 0.167. The Hall–Kier alpha value is -3.80. The van der Waals surface area contributed by atoms with E-state index in [0.29, 0.717) is 23.4 Å². The molecule has 30 heavy (non-hydrogen) atoms. The van der Waals surface area contributed by atoms with Crippen LogP contribution in [0.1, 0.15) is 37.4 Å². The zero-order chi connectivity index (χ0) is 21.7. The van der Waals surface area contributed by atoms with E-state index in [0.717, 1.165) is 17.0 Å². The molecule has 6 heteroatoms. The van der Waals surface area contributed by atoms with Gasteiger partial charge >= 0.3 is 5.97 Å². The lowest BCUT2D eigenvalue weighted by atomic mass is 9.97. The Morgan fingerprint density at radius 1 is 0.933 bits per heavy atom. The number of nitrogens with one attached hydrogen (secondary N) is 2. The molecule has 1 amide bonds. The summed E-state index contributed by atoms with van der Waals surface area (Å²) in [6.07, 6.45) is 0. The van der Waals surface area contributed by atoms with Crippen LogP contribution in [0.5, 0.6) is 11.5 Å². The van der Waals surface area contributed by atoms with Gasteiger partial charge in [0.15, 0.2) is 0 Å². The van der Waals surface area contributed by atoms with Gasteiger partial charge in [-0.25, -0.2) is 4.79 Å². The first kappa shape index (κ1) is 20.9. The molecular formula is C24H24N2O4. The average Bonchev–Trinajstić information content (AvgIpc) is 2.74. The summed E-state index contributed by atoms with van der Waals surface area (Å²) >= 11 is 0. The summed E-state index contributed by atoms with van der Waals surface area (Å²) in [6, 6.07) is 18.4. The molecule has 0 aliphatic carbocycles. The van der Waals surface area contributed by atoms with Crippen molar-refractivity contribution in [2.45, 2.75) is 20.4 Å². The van der Waals surface area contributed by atoms with Crippen molar-refractivity contribution >= 4 is 17.6 Å². The smallest absolute Gasteiger partial charge is 0.336 e. The quantitative estimate of drug-likeness (QED) is 0.528. The summed E-state index contributed by atoms with van der Waals surface area (Å²) in [6.45, 7) is 4.14. The second-order valence-corrected chi connectivity index (χ2v) is 7.00. The van der Waals surface area contributed by atoms with Crippen LogP contribution in [-0.4, -0.2) is 24.0 Å². The summed E-state index contributed by atoms with van der Waals surface area (Å²) in [5, 5.41) is 15.3. The van der Waals surface area contributed by atoms with Gasteiger partial charge in [0.25, 0.3) is 5.91 Å². The highest BCUT2D eigenvalue weighted by molar-refractivity contribution is 5.98. The third-order valence-electron chi connectivity index (χ3n) is 4.77. The van der Waals surface area contributed by atoms with Crippen LogP contribution in [0.25, 0.3) is 0 Å². The number of rotatable bonds is 7. The van der Waals surface area contributed by atoms with E-state index in [1.165, 1.54) is 18.7 Å². The highest BCUT2D eigenvalue weighted by atomic mass is 16.5. The Labute approximate surface area is 175 Å². The first-order chi connectivity index (χ1) is 14.4. The second-order valence-electron chi connectivity index (χ2n) is 7.00. The minimum Gasteiger partial charge on any atom is -0.478 e. The molecule has 0 atom stereocenters. The van der Waals surface area contributed by atoms with Crippen LogP contribution in [0.15, 0.2) is 60.7 Å². The highest BCUT2D eigenvalue weighted by Gasteiger charge is 2.16. The number of hydrogen-bond acceptors (Lipinski definition) is 4. The van der Waals surface area contributed by atoms with Gasteiger partial charge < -0.3 is 20.5 Å². The predicted molar refractivity (Wildman–Crippen MR) is 117 cm³/mol. The lowest BCUT2D eigenvalue weighted by Gasteiger charge is -2.14. The number of benzene rings is 3. The topological polar surface area (TPSA) is 87.7 Å². The first-order valence-electron chi connectivity index (χ1n) is 9.54. The van der Waals surface area contributed by atoms with Gasteiger partial charge in [0, 0.05) is 24.8 Å². The number of ether oxygens (including phenoxy) is 1. The summed E-state index contributed by atoms with van der Waals surface area (Å²) in [5.41, 5.74) is 3.81. The molecule has 0 heterocycles. The summed E-state index contributed by atoms with van der Waals surface area (Å²) in [4.78, 5) is 23.6. The highest BCUT2D eigenvalue weighted by Crippen LogP contribution is 2.24. The third-order valence-corrected chi connectivity index (χ3v) is 4.77. The lowest BCUT2D eigenvalue weighted by molar-refractivity contribution is 0.0695. The molecule has 0 spiro atoms. The minimum atomic E-state index is -1.07. The Balaban J connectivity index is 1.72. The number of anilines is 1.